The zero-order valence-electron chi connectivity index (χ0n) is 30.0. The van der Waals surface area contributed by atoms with E-state index >= 15 is 0 Å². The van der Waals surface area contributed by atoms with Gasteiger partial charge in [0.2, 0.25) is 0 Å². The van der Waals surface area contributed by atoms with Gasteiger partial charge >= 0.3 is 0 Å². The van der Waals surface area contributed by atoms with Crippen molar-refractivity contribution < 1.29 is 4.42 Å². The summed E-state index contributed by atoms with van der Waals surface area (Å²) in [6.45, 7) is 6.93. The number of nitrogens with zero attached hydrogens (tertiary/aromatic N) is 2. The molecular weight excluding hydrogens is 645 g/mol. The topological polar surface area (TPSA) is 19.6 Å². The minimum Gasteiger partial charge on any atom is -0.456 e. The first-order chi connectivity index (χ1) is 26.0. The number of benzene rings is 8. The lowest BCUT2D eigenvalue weighted by atomic mass is 9.81. The Morgan fingerprint density at radius 3 is 1.79 bits per heavy atom. The van der Waals surface area contributed by atoms with Crippen molar-refractivity contribution in [1.29, 1.82) is 0 Å². The van der Waals surface area contributed by atoms with Gasteiger partial charge in [-0.15, -0.1) is 0 Å². The van der Waals surface area contributed by atoms with Crippen LogP contribution in [0.5, 0.6) is 0 Å². The van der Waals surface area contributed by atoms with E-state index in [0.717, 1.165) is 56.1 Å². The first-order valence-electron chi connectivity index (χ1n) is 18.4. The van der Waals surface area contributed by atoms with E-state index in [1.165, 1.54) is 38.6 Å². The average Bonchev–Trinajstić information content (AvgIpc) is 3.68. The highest BCUT2D eigenvalue weighted by molar-refractivity contribution is 6.16. The number of hydrogen-bond acceptors (Lipinski definition) is 3. The number of para-hydroxylation sites is 3. The summed E-state index contributed by atoms with van der Waals surface area (Å²) in [6.07, 6.45) is 0. The average molecular weight is 683 g/mol. The Morgan fingerprint density at radius 1 is 0.434 bits per heavy atom. The zero-order chi connectivity index (χ0) is 35.7. The molecule has 1 aliphatic rings. The van der Waals surface area contributed by atoms with Crippen LogP contribution in [0.3, 0.4) is 0 Å². The van der Waals surface area contributed by atoms with Gasteiger partial charge in [0.1, 0.15) is 11.2 Å². The summed E-state index contributed by atoms with van der Waals surface area (Å²) in [6, 6.07) is 63.5. The van der Waals surface area contributed by atoms with Gasteiger partial charge in [0.25, 0.3) is 0 Å². The van der Waals surface area contributed by atoms with Crippen LogP contribution in [0.25, 0.3) is 43.8 Å². The third-order valence-electron chi connectivity index (χ3n) is 11.1. The second-order valence-electron chi connectivity index (χ2n) is 14.6. The molecule has 53 heavy (non-hydrogen) atoms. The highest BCUT2D eigenvalue weighted by Gasteiger charge is 2.38. The highest BCUT2D eigenvalue weighted by atomic mass is 16.3. The van der Waals surface area contributed by atoms with E-state index in [2.05, 4.69) is 200 Å². The molecule has 0 N–H and O–H groups in total. The summed E-state index contributed by atoms with van der Waals surface area (Å²) in [4.78, 5) is 4.81. The lowest BCUT2D eigenvalue weighted by molar-refractivity contribution is 0.661. The SMILES string of the molecule is Cc1cccc(N(c2ccccc2)c2ccc3c(c2)C(C)(C)c2cc(N(c4ccccc4)c4cccc5oc6ccccc6c45)c4ccccc4c2-3)c1. The molecule has 9 aromatic rings. The third kappa shape index (κ3) is 4.88. The third-order valence-corrected chi connectivity index (χ3v) is 11.1. The smallest absolute Gasteiger partial charge is 0.137 e. The summed E-state index contributed by atoms with van der Waals surface area (Å²) >= 11 is 0. The molecule has 1 heterocycles. The van der Waals surface area contributed by atoms with Crippen LogP contribution >= 0.6 is 0 Å². The van der Waals surface area contributed by atoms with Gasteiger partial charge in [-0.1, -0.05) is 117 Å². The van der Waals surface area contributed by atoms with Crippen LogP contribution in [0, 0.1) is 6.92 Å². The molecule has 0 fully saturated rings. The maximum Gasteiger partial charge on any atom is 0.137 e. The molecule has 0 spiro atoms. The van der Waals surface area contributed by atoms with Gasteiger partial charge in [-0.25, -0.2) is 0 Å². The molecule has 0 amide bonds. The molecule has 0 radical (unpaired) electrons. The molecule has 0 aliphatic heterocycles. The van der Waals surface area contributed by atoms with Gasteiger partial charge in [0.05, 0.1) is 16.8 Å². The lowest BCUT2D eigenvalue weighted by Crippen LogP contribution is -2.18. The Hall–Kier alpha value is -6.58. The van der Waals surface area contributed by atoms with Crippen molar-refractivity contribution in [2.75, 3.05) is 9.80 Å². The van der Waals surface area contributed by atoms with E-state index < -0.39 is 0 Å². The fourth-order valence-electron chi connectivity index (χ4n) is 8.59. The number of furan rings is 1. The molecule has 8 aromatic carbocycles. The van der Waals surface area contributed by atoms with Crippen molar-refractivity contribution in [2.45, 2.75) is 26.2 Å². The minimum absolute atomic E-state index is 0.273. The molecule has 254 valence electrons. The van der Waals surface area contributed by atoms with Crippen molar-refractivity contribution in [3.05, 3.63) is 193 Å². The molecule has 3 heteroatoms. The Labute approximate surface area is 310 Å². The van der Waals surface area contributed by atoms with E-state index in [1.54, 1.807) is 0 Å². The van der Waals surface area contributed by atoms with Gasteiger partial charge in [0, 0.05) is 38.9 Å². The standard InChI is InChI=1S/C50H38N2O/c1-33-16-14-21-36(30-33)51(34-17-6-4-7-18-34)37-28-29-40-42(31-37)50(2,3)43-32-45(38-22-10-11-23-39(38)48(40)43)52(35-19-8-5-9-20-35)44-25-15-27-47-49(44)41-24-12-13-26-46(41)53-47/h4-32H,1-3H3. The van der Waals surface area contributed by atoms with Crippen LogP contribution < -0.4 is 9.80 Å². The lowest BCUT2D eigenvalue weighted by Gasteiger charge is -2.30. The van der Waals surface area contributed by atoms with Gasteiger partial charge < -0.3 is 14.2 Å². The predicted octanol–water partition coefficient (Wildman–Crippen LogP) is 14.3. The zero-order valence-corrected chi connectivity index (χ0v) is 30.0. The van der Waals surface area contributed by atoms with Crippen molar-refractivity contribution >= 4 is 66.8 Å². The monoisotopic (exact) mass is 682 g/mol. The largest absolute Gasteiger partial charge is 0.456 e. The molecule has 1 aromatic heterocycles. The number of aryl methyl sites for hydroxylation is 1. The van der Waals surface area contributed by atoms with E-state index in [4.69, 9.17) is 4.42 Å². The molecule has 0 saturated heterocycles. The summed E-state index contributed by atoms with van der Waals surface area (Å²) in [5.41, 5.74) is 14.8. The summed E-state index contributed by atoms with van der Waals surface area (Å²) in [7, 11) is 0. The van der Waals surface area contributed by atoms with Gasteiger partial charge in [-0.3, -0.25) is 0 Å². The number of hydrogen-bond donors (Lipinski definition) is 0. The van der Waals surface area contributed by atoms with Crippen LogP contribution in [0.15, 0.2) is 180 Å². The molecule has 0 atom stereocenters. The van der Waals surface area contributed by atoms with E-state index in [9.17, 15) is 0 Å². The summed E-state index contributed by atoms with van der Waals surface area (Å²) in [5.74, 6) is 0. The van der Waals surface area contributed by atoms with Crippen molar-refractivity contribution in [1.82, 2.24) is 0 Å². The molecule has 0 bridgehead atoms. The van der Waals surface area contributed by atoms with E-state index in [0.29, 0.717) is 0 Å². The van der Waals surface area contributed by atoms with Crippen LogP contribution in [-0.4, -0.2) is 0 Å². The van der Waals surface area contributed by atoms with E-state index in [-0.39, 0.29) is 5.41 Å². The van der Waals surface area contributed by atoms with Gasteiger partial charge in [0.15, 0.2) is 0 Å². The predicted molar refractivity (Wildman–Crippen MR) is 223 cm³/mol. The maximum absolute atomic E-state index is 6.42. The molecule has 0 saturated carbocycles. The summed E-state index contributed by atoms with van der Waals surface area (Å²) < 4.78 is 6.42. The van der Waals surface area contributed by atoms with Gasteiger partial charge in [-0.05, 0) is 113 Å². The quantitative estimate of drug-likeness (QED) is 0.174. The van der Waals surface area contributed by atoms with Gasteiger partial charge in [-0.2, -0.15) is 0 Å². The molecule has 1 aliphatic carbocycles. The van der Waals surface area contributed by atoms with Crippen molar-refractivity contribution in [2.24, 2.45) is 0 Å². The second kappa shape index (κ2) is 12.0. The first kappa shape index (κ1) is 31.2. The Balaban J connectivity index is 1.21. The molecule has 3 nitrogen and oxygen atoms in total. The van der Waals surface area contributed by atoms with Crippen LogP contribution in [0.4, 0.5) is 34.1 Å². The van der Waals surface area contributed by atoms with Crippen LogP contribution in [0.1, 0.15) is 30.5 Å². The molecule has 10 rings (SSSR count). The number of anilines is 6. The second-order valence-corrected chi connectivity index (χ2v) is 14.6. The van der Waals surface area contributed by atoms with Crippen molar-refractivity contribution in [3.63, 3.8) is 0 Å². The van der Waals surface area contributed by atoms with Crippen LogP contribution in [-0.2, 0) is 5.41 Å². The summed E-state index contributed by atoms with van der Waals surface area (Å²) in [5, 5.41) is 4.68. The van der Waals surface area contributed by atoms with Crippen molar-refractivity contribution in [3.8, 4) is 11.1 Å². The highest BCUT2D eigenvalue weighted by Crippen LogP contribution is 2.56. The Kier molecular flexibility index (Phi) is 7.06. The normalized spacial score (nSPS) is 13.0. The number of rotatable bonds is 6. The Morgan fingerprint density at radius 2 is 1.04 bits per heavy atom. The fraction of sp³-hybridized carbons (Fsp3) is 0.0800. The molecule has 0 unspecified atom stereocenters. The Bertz CT molecular complexity index is 2830. The first-order valence-corrected chi connectivity index (χ1v) is 18.4. The number of fused-ring (bicyclic) bond motifs is 8. The maximum atomic E-state index is 6.42. The fourth-order valence-corrected chi connectivity index (χ4v) is 8.59. The van der Waals surface area contributed by atoms with E-state index in [1.807, 2.05) is 6.07 Å². The van der Waals surface area contributed by atoms with Crippen LogP contribution in [0.2, 0.25) is 0 Å². The molecular formula is C50H38N2O. The minimum atomic E-state index is -0.273.